The molecule has 3 nitrogen and oxygen atoms in total. The Bertz CT molecular complexity index is 963. The van der Waals surface area contributed by atoms with Gasteiger partial charge in [0.2, 0.25) is 0 Å². The predicted octanol–water partition coefficient (Wildman–Crippen LogP) is 5.17. The number of carbonyl (C=O) groups excluding carboxylic acids is 1. The SMILES string of the molecule is CCc1ccc(-c2nc3scc(-c4cccs4)n3c2C=O)cc1. The van der Waals surface area contributed by atoms with E-state index in [-0.39, 0.29) is 0 Å². The van der Waals surface area contributed by atoms with Crippen molar-refractivity contribution in [1.29, 1.82) is 0 Å². The van der Waals surface area contributed by atoms with Gasteiger partial charge in [-0.25, -0.2) is 4.98 Å². The fraction of sp³-hybridized carbons (Fsp3) is 0.111. The number of imidazole rings is 1. The van der Waals surface area contributed by atoms with Crippen LogP contribution in [0.1, 0.15) is 23.0 Å². The molecular formula is C18H14N2OS2. The monoisotopic (exact) mass is 338 g/mol. The molecule has 0 bridgehead atoms. The van der Waals surface area contributed by atoms with Crippen LogP contribution in [-0.4, -0.2) is 15.7 Å². The van der Waals surface area contributed by atoms with E-state index in [9.17, 15) is 4.79 Å². The summed E-state index contributed by atoms with van der Waals surface area (Å²) >= 11 is 3.23. The highest BCUT2D eigenvalue weighted by Crippen LogP contribution is 2.34. The molecule has 0 amide bonds. The van der Waals surface area contributed by atoms with E-state index in [2.05, 4.69) is 30.5 Å². The third kappa shape index (κ3) is 2.33. The van der Waals surface area contributed by atoms with Crippen LogP contribution in [0, 0.1) is 0 Å². The maximum absolute atomic E-state index is 11.8. The molecule has 23 heavy (non-hydrogen) atoms. The van der Waals surface area contributed by atoms with Crippen LogP contribution in [0.4, 0.5) is 0 Å². The molecule has 0 saturated heterocycles. The Morgan fingerprint density at radius 3 is 2.65 bits per heavy atom. The molecule has 0 N–H and O–H groups in total. The Balaban J connectivity index is 1.92. The summed E-state index contributed by atoms with van der Waals surface area (Å²) in [6.45, 7) is 2.13. The number of rotatable bonds is 4. The Morgan fingerprint density at radius 1 is 1.17 bits per heavy atom. The molecule has 5 heteroatoms. The van der Waals surface area contributed by atoms with Crippen molar-refractivity contribution in [3.63, 3.8) is 0 Å². The van der Waals surface area contributed by atoms with Crippen LogP contribution in [0.15, 0.2) is 47.2 Å². The Morgan fingerprint density at radius 2 is 2.00 bits per heavy atom. The maximum atomic E-state index is 11.8. The maximum Gasteiger partial charge on any atom is 0.195 e. The van der Waals surface area contributed by atoms with Crippen molar-refractivity contribution in [2.24, 2.45) is 0 Å². The summed E-state index contributed by atoms with van der Waals surface area (Å²) in [5, 5.41) is 4.10. The highest BCUT2D eigenvalue weighted by Gasteiger charge is 2.18. The van der Waals surface area contributed by atoms with Crippen LogP contribution in [0.5, 0.6) is 0 Å². The Kier molecular flexibility index (Phi) is 3.59. The summed E-state index contributed by atoms with van der Waals surface area (Å²) in [6, 6.07) is 12.4. The van der Waals surface area contributed by atoms with Crippen LogP contribution < -0.4 is 0 Å². The number of thiophene rings is 1. The second kappa shape index (κ2) is 5.76. The summed E-state index contributed by atoms with van der Waals surface area (Å²) in [6.07, 6.45) is 1.91. The van der Waals surface area contributed by atoms with Crippen molar-refractivity contribution >= 4 is 33.9 Å². The Labute approximate surface area is 141 Å². The predicted molar refractivity (Wildman–Crippen MR) is 96.6 cm³/mol. The highest BCUT2D eigenvalue weighted by atomic mass is 32.1. The van der Waals surface area contributed by atoms with Crippen LogP contribution in [0.3, 0.4) is 0 Å². The van der Waals surface area contributed by atoms with Crippen LogP contribution in [0.2, 0.25) is 0 Å². The van der Waals surface area contributed by atoms with E-state index < -0.39 is 0 Å². The van der Waals surface area contributed by atoms with Crippen molar-refractivity contribution in [3.05, 3.63) is 58.4 Å². The molecule has 3 heterocycles. The molecule has 0 aliphatic rings. The minimum atomic E-state index is 0.619. The van der Waals surface area contributed by atoms with Gasteiger partial charge in [0.1, 0.15) is 11.4 Å². The third-order valence-electron chi connectivity index (χ3n) is 3.92. The summed E-state index contributed by atoms with van der Waals surface area (Å²) in [5.41, 5.74) is 4.67. The lowest BCUT2D eigenvalue weighted by atomic mass is 10.1. The zero-order chi connectivity index (χ0) is 15.8. The molecule has 0 atom stereocenters. The number of fused-ring (bicyclic) bond motifs is 1. The number of aryl methyl sites for hydroxylation is 1. The minimum Gasteiger partial charge on any atom is -0.296 e. The summed E-state index contributed by atoms with van der Waals surface area (Å²) in [7, 11) is 0. The molecular weight excluding hydrogens is 324 g/mol. The number of nitrogens with zero attached hydrogens (tertiary/aromatic N) is 2. The first kappa shape index (κ1) is 14.4. The summed E-state index contributed by atoms with van der Waals surface area (Å²) in [4.78, 5) is 18.5. The van der Waals surface area contributed by atoms with Crippen molar-refractivity contribution in [3.8, 4) is 21.8 Å². The molecule has 3 aromatic heterocycles. The topological polar surface area (TPSA) is 34.4 Å². The molecule has 4 rings (SSSR count). The zero-order valence-electron chi connectivity index (χ0n) is 12.5. The number of hydrogen-bond acceptors (Lipinski definition) is 4. The average Bonchev–Trinajstić information content (AvgIpc) is 3.30. The molecule has 114 valence electrons. The number of hydrogen-bond donors (Lipinski definition) is 0. The lowest BCUT2D eigenvalue weighted by molar-refractivity contribution is 0.111. The number of aldehydes is 1. The van der Waals surface area contributed by atoms with E-state index in [1.165, 1.54) is 5.56 Å². The van der Waals surface area contributed by atoms with Crippen LogP contribution in [-0.2, 0) is 6.42 Å². The molecule has 4 aromatic rings. The lowest BCUT2D eigenvalue weighted by Gasteiger charge is -2.02. The minimum absolute atomic E-state index is 0.619. The van der Waals surface area contributed by atoms with Crippen LogP contribution >= 0.6 is 22.7 Å². The van der Waals surface area contributed by atoms with Crippen molar-refractivity contribution in [2.45, 2.75) is 13.3 Å². The molecule has 0 spiro atoms. The van der Waals surface area contributed by atoms with E-state index in [1.54, 1.807) is 22.7 Å². The molecule has 0 aliphatic heterocycles. The van der Waals surface area contributed by atoms with Gasteiger partial charge in [0.05, 0.1) is 10.6 Å². The van der Waals surface area contributed by atoms with Gasteiger partial charge in [-0.15, -0.1) is 22.7 Å². The third-order valence-corrected chi connectivity index (χ3v) is 5.64. The first-order chi connectivity index (χ1) is 11.3. The van der Waals surface area contributed by atoms with Gasteiger partial charge in [-0.1, -0.05) is 37.3 Å². The first-order valence-corrected chi connectivity index (χ1v) is 9.16. The number of carbonyl (C=O) groups is 1. The largest absolute Gasteiger partial charge is 0.296 e. The number of aromatic nitrogens is 2. The number of benzene rings is 1. The van der Waals surface area contributed by atoms with Gasteiger partial charge in [0.15, 0.2) is 11.2 Å². The standard InChI is InChI=1S/C18H14N2OS2/c1-2-12-5-7-13(8-6-12)17-14(10-21)20-15(11-23-18(20)19-17)16-4-3-9-22-16/h3-11H,2H2,1H3. The summed E-state index contributed by atoms with van der Waals surface area (Å²) < 4.78 is 1.96. The van der Waals surface area contributed by atoms with Crippen molar-refractivity contribution < 1.29 is 4.79 Å². The first-order valence-electron chi connectivity index (χ1n) is 7.40. The van der Waals surface area contributed by atoms with Gasteiger partial charge in [-0.2, -0.15) is 0 Å². The van der Waals surface area contributed by atoms with Gasteiger partial charge in [-0.05, 0) is 23.4 Å². The highest BCUT2D eigenvalue weighted by molar-refractivity contribution is 7.17. The second-order valence-corrected chi connectivity index (χ2v) is 7.01. The van der Waals surface area contributed by atoms with Gasteiger partial charge in [-0.3, -0.25) is 9.20 Å². The van der Waals surface area contributed by atoms with E-state index in [0.29, 0.717) is 5.69 Å². The molecule has 0 aliphatic carbocycles. The van der Waals surface area contributed by atoms with Crippen molar-refractivity contribution in [1.82, 2.24) is 9.38 Å². The Hall–Kier alpha value is -2.24. The molecule has 0 unspecified atom stereocenters. The molecule has 1 aromatic carbocycles. The smallest absolute Gasteiger partial charge is 0.195 e. The van der Waals surface area contributed by atoms with Gasteiger partial charge in [0, 0.05) is 10.9 Å². The molecule has 0 saturated carbocycles. The van der Waals surface area contributed by atoms with Gasteiger partial charge < -0.3 is 0 Å². The zero-order valence-corrected chi connectivity index (χ0v) is 14.2. The average molecular weight is 338 g/mol. The molecule has 0 radical (unpaired) electrons. The lowest BCUT2D eigenvalue weighted by Crippen LogP contribution is -1.93. The fourth-order valence-corrected chi connectivity index (χ4v) is 4.40. The summed E-state index contributed by atoms with van der Waals surface area (Å²) in [5.74, 6) is 0. The van der Waals surface area contributed by atoms with Crippen molar-refractivity contribution in [2.75, 3.05) is 0 Å². The fourth-order valence-electron chi connectivity index (χ4n) is 2.70. The van der Waals surface area contributed by atoms with E-state index in [4.69, 9.17) is 4.98 Å². The van der Waals surface area contributed by atoms with Gasteiger partial charge in [0.25, 0.3) is 0 Å². The number of thiazole rings is 1. The van der Waals surface area contributed by atoms with E-state index >= 15 is 0 Å². The van der Waals surface area contributed by atoms with E-state index in [1.807, 2.05) is 28.0 Å². The normalized spacial score (nSPS) is 11.2. The molecule has 0 fully saturated rings. The van der Waals surface area contributed by atoms with E-state index in [0.717, 1.165) is 39.5 Å². The van der Waals surface area contributed by atoms with Crippen LogP contribution in [0.25, 0.3) is 26.8 Å². The second-order valence-electron chi connectivity index (χ2n) is 5.23. The quantitative estimate of drug-likeness (QED) is 0.481. The van der Waals surface area contributed by atoms with Gasteiger partial charge >= 0.3 is 0 Å².